The lowest BCUT2D eigenvalue weighted by atomic mass is 10.0. The first kappa shape index (κ1) is 28.4. The first-order valence-electron chi connectivity index (χ1n) is 10.8. The summed E-state index contributed by atoms with van der Waals surface area (Å²) in [6, 6.07) is 6.97. The maximum Gasteiger partial charge on any atom is 0.253 e. The van der Waals surface area contributed by atoms with Gasteiger partial charge in [-0.1, -0.05) is 19.9 Å². The van der Waals surface area contributed by atoms with E-state index >= 15 is 0 Å². The topological polar surface area (TPSA) is 101 Å². The van der Waals surface area contributed by atoms with Crippen molar-refractivity contribution in [2.45, 2.75) is 64.8 Å². The van der Waals surface area contributed by atoms with Gasteiger partial charge in [-0.3, -0.25) is 9.78 Å². The number of nitrogens with one attached hydrogen (secondary N) is 1. The number of nitrogens with zero attached hydrogens (tertiary/aromatic N) is 1. The number of methoxy groups -OCH3 is 1. The third-order valence-corrected chi connectivity index (χ3v) is 4.79. The quantitative estimate of drug-likeness (QED) is 0.609. The van der Waals surface area contributed by atoms with E-state index in [2.05, 4.69) is 15.0 Å². The van der Waals surface area contributed by atoms with Crippen LogP contribution in [0.25, 0.3) is 0 Å². The lowest BCUT2D eigenvalue weighted by Gasteiger charge is -2.21. The predicted octanol–water partition coefficient (Wildman–Crippen LogP) is 4.18. The second-order valence-corrected chi connectivity index (χ2v) is 8.01. The van der Waals surface area contributed by atoms with E-state index < -0.39 is 29.9 Å². The average Bonchev–Trinajstić information content (AvgIpc) is 3.17. The molecule has 7 nitrogen and oxygen atoms in total. The molecular formula is C24H34F2N2O5. The van der Waals surface area contributed by atoms with Gasteiger partial charge in [-0.05, 0) is 57.9 Å². The lowest BCUT2D eigenvalue weighted by Crippen LogP contribution is -2.31. The summed E-state index contributed by atoms with van der Waals surface area (Å²) in [6.07, 6.45) is 2.54. The molecule has 2 aromatic rings. The van der Waals surface area contributed by atoms with Gasteiger partial charge in [-0.25, -0.2) is 4.39 Å². The van der Waals surface area contributed by atoms with Crippen molar-refractivity contribution < 1.29 is 33.3 Å². The predicted molar refractivity (Wildman–Crippen MR) is 122 cm³/mol. The Kier molecular flexibility index (Phi) is 10.8. The van der Waals surface area contributed by atoms with Crippen LogP contribution in [0.15, 0.2) is 36.5 Å². The van der Waals surface area contributed by atoms with Crippen molar-refractivity contribution in [1.29, 1.82) is 0 Å². The van der Waals surface area contributed by atoms with Gasteiger partial charge in [-0.2, -0.15) is 4.39 Å². The zero-order chi connectivity index (χ0) is 25.2. The molecule has 1 amide bonds. The fraction of sp³-hybridized carbons (Fsp3) is 0.500. The van der Waals surface area contributed by atoms with E-state index in [1.165, 1.54) is 32.4 Å². The highest BCUT2D eigenvalue weighted by atomic mass is 19.2. The van der Waals surface area contributed by atoms with Gasteiger partial charge in [0.2, 0.25) is 5.82 Å². The fourth-order valence-electron chi connectivity index (χ4n) is 2.91. The van der Waals surface area contributed by atoms with E-state index in [4.69, 9.17) is 9.84 Å². The molecule has 0 bridgehead atoms. The molecule has 1 unspecified atom stereocenters. The van der Waals surface area contributed by atoms with Crippen LogP contribution in [-0.4, -0.2) is 46.5 Å². The molecule has 9 heteroatoms. The van der Waals surface area contributed by atoms with Gasteiger partial charge in [0.15, 0.2) is 11.6 Å². The molecule has 3 N–H and O–H groups in total. The number of aromatic nitrogens is 1. The smallest absolute Gasteiger partial charge is 0.253 e. The van der Waals surface area contributed by atoms with Gasteiger partial charge in [0.05, 0.1) is 25.0 Å². The van der Waals surface area contributed by atoms with Gasteiger partial charge in [0, 0.05) is 11.9 Å². The minimum Gasteiger partial charge on any atom is -0.494 e. The summed E-state index contributed by atoms with van der Waals surface area (Å²) in [5.41, 5.74) is -0.888. The minimum absolute atomic E-state index is 0.0694. The number of amides is 1. The zero-order valence-corrected chi connectivity index (χ0v) is 20.0. The van der Waals surface area contributed by atoms with E-state index in [1.807, 2.05) is 27.7 Å². The summed E-state index contributed by atoms with van der Waals surface area (Å²) in [7, 11) is 1.29. The number of benzene rings is 1. The highest BCUT2D eigenvalue weighted by Gasteiger charge is 2.36. The van der Waals surface area contributed by atoms with E-state index in [0.29, 0.717) is 17.8 Å². The zero-order valence-electron chi connectivity index (χ0n) is 20.0. The average molecular weight is 469 g/mol. The van der Waals surface area contributed by atoms with Crippen molar-refractivity contribution in [2.24, 2.45) is 0 Å². The third kappa shape index (κ3) is 8.34. The first-order chi connectivity index (χ1) is 15.5. The second kappa shape index (κ2) is 12.6. The number of pyridine rings is 1. The minimum atomic E-state index is -1.44. The Morgan fingerprint density at radius 2 is 2.00 bits per heavy atom. The molecule has 33 heavy (non-hydrogen) atoms. The number of anilines is 1. The number of rotatable bonds is 5. The van der Waals surface area contributed by atoms with Crippen molar-refractivity contribution in [3.05, 3.63) is 53.9 Å². The number of aliphatic hydroxyl groups is 2. The summed E-state index contributed by atoms with van der Waals surface area (Å²) in [4.78, 5) is 16.2. The standard InChI is InChI=1S/C15H22N2O4.C7H6F2O.C2H6/c1-14(2)6-4-11(21-14)13(19)17-10-5-7-16-12(8-10)15(3,20)9-18;1-10-6-4-2-3-5(8)7(6)9;1-2/h5,7-8,11,18,20H,4,6,9H2,1-3H3,(H,16,17,19);2-4H,1H3;1-2H3/t11?,15-;;/m1../s1. The molecule has 1 saturated heterocycles. The molecule has 0 aliphatic carbocycles. The number of hydrogen-bond acceptors (Lipinski definition) is 6. The maximum atomic E-state index is 12.5. The highest BCUT2D eigenvalue weighted by molar-refractivity contribution is 5.94. The Morgan fingerprint density at radius 1 is 1.33 bits per heavy atom. The van der Waals surface area contributed by atoms with E-state index in [1.54, 1.807) is 12.1 Å². The maximum absolute atomic E-state index is 12.5. The SMILES string of the molecule is CC.CC1(C)CCC(C(=O)Nc2ccnc([C@](C)(O)CO)c2)O1.COc1cccc(F)c1F. The number of ether oxygens (including phenoxy) is 2. The molecule has 3 rings (SSSR count). The van der Waals surface area contributed by atoms with Crippen LogP contribution in [0.1, 0.15) is 53.2 Å². The molecule has 0 saturated carbocycles. The molecule has 2 heterocycles. The van der Waals surface area contributed by atoms with Crippen LogP contribution in [0.3, 0.4) is 0 Å². The first-order valence-corrected chi connectivity index (χ1v) is 10.8. The van der Waals surface area contributed by atoms with E-state index in [0.717, 1.165) is 12.5 Å². The summed E-state index contributed by atoms with van der Waals surface area (Å²) in [5.74, 6) is -2.11. The van der Waals surface area contributed by atoms with Crippen LogP contribution in [0.2, 0.25) is 0 Å². The molecule has 1 aliphatic heterocycles. The van der Waals surface area contributed by atoms with Crippen molar-refractivity contribution in [1.82, 2.24) is 4.98 Å². The van der Waals surface area contributed by atoms with E-state index in [-0.39, 0.29) is 17.3 Å². The molecule has 0 spiro atoms. The molecule has 1 aliphatic rings. The second-order valence-electron chi connectivity index (χ2n) is 8.01. The molecule has 0 radical (unpaired) electrons. The molecule has 2 atom stereocenters. The molecule has 1 aromatic heterocycles. The molecule has 184 valence electrons. The number of carbonyl (C=O) groups is 1. The summed E-state index contributed by atoms with van der Waals surface area (Å²) >= 11 is 0. The van der Waals surface area contributed by atoms with Crippen molar-refractivity contribution in [2.75, 3.05) is 19.0 Å². The number of halogens is 2. The van der Waals surface area contributed by atoms with Gasteiger partial charge in [0.25, 0.3) is 5.91 Å². The Labute approximate surface area is 193 Å². The molecular weight excluding hydrogens is 434 g/mol. The van der Waals surface area contributed by atoms with Crippen LogP contribution >= 0.6 is 0 Å². The van der Waals surface area contributed by atoms with Gasteiger partial charge >= 0.3 is 0 Å². The Morgan fingerprint density at radius 3 is 2.52 bits per heavy atom. The summed E-state index contributed by atoms with van der Waals surface area (Å²) in [5, 5.41) is 21.9. The monoisotopic (exact) mass is 468 g/mol. The lowest BCUT2D eigenvalue weighted by molar-refractivity contribution is -0.129. The number of carbonyl (C=O) groups excluding carboxylic acids is 1. The Bertz CT molecular complexity index is 906. The number of aliphatic hydroxyl groups excluding tert-OH is 1. The Hall–Kier alpha value is -2.62. The highest BCUT2D eigenvalue weighted by Crippen LogP contribution is 2.30. The summed E-state index contributed by atoms with van der Waals surface area (Å²) < 4.78 is 35.0. The molecule has 1 aromatic carbocycles. The Balaban J connectivity index is 0.000000380. The van der Waals surface area contributed by atoms with Gasteiger partial charge < -0.3 is 25.0 Å². The van der Waals surface area contributed by atoms with Crippen molar-refractivity contribution >= 4 is 11.6 Å². The van der Waals surface area contributed by atoms with E-state index in [9.17, 15) is 18.7 Å². The van der Waals surface area contributed by atoms with Crippen LogP contribution < -0.4 is 10.1 Å². The number of hydrogen-bond donors (Lipinski definition) is 3. The molecule has 1 fully saturated rings. The van der Waals surface area contributed by atoms with Crippen molar-refractivity contribution in [3.8, 4) is 5.75 Å². The summed E-state index contributed by atoms with van der Waals surface area (Å²) in [6.45, 7) is 8.94. The van der Waals surface area contributed by atoms with Crippen LogP contribution in [0.4, 0.5) is 14.5 Å². The van der Waals surface area contributed by atoms with Crippen molar-refractivity contribution in [3.63, 3.8) is 0 Å². The van der Waals surface area contributed by atoms with Gasteiger partial charge in [-0.15, -0.1) is 0 Å². The largest absolute Gasteiger partial charge is 0.494 e. The van der Waals surface area contributed by atoms with Crippen LogP contribution in [0, 0.1) is 11.6 Å². The fourth-order valence-corrected chi connectivity index (χ4v) is 2.91. The van der Waals surface area contributed by atoms with Crippen LogP contribution in [0.5, 0.6) is 5.75 Å². The third-order valence-electron chi connectivity index (χ3n) is 4.79. The van der Waals surface area contributed by atoms with Gasteiger partial charge in [0.1, 0.15) is 11.7 Å². The normalized spacial score (nSPS) is 18.1. The van der Waals surface area contributed by atoms with Crippen LogP contribution in [-0.2, 0) is 15.1 Å².